The van der Waals surface area contributed by atoms with Gasteiger partial charge in [0.2, 0.25) is 5.91 Å². The molecule has 0 aromatic heterocycles. The molecule has 0 aliphatic heterocycles. The number of carbonyl (C=O) groups excluding carboxylic acids is 2. The Balaban J connectivity index is 1.75. The van der Waals surface area contributed by atoms with Gasteiger partial charge in [0.25, 0.3) is 5.91 Å². The highest BCUT2D eigenvalue weighted by atomic mass is 79.9. The summed E-state index contributed by atoms with van der Waals surface area (Å²) in [6, 6.07) is 13.6. The Morgan fingerprint density at radius 3 is 2.47 bits per heavy atom. The van der Waals surface area contributed by atoms with E-state index in [2.05, 4.69) is 45.9 Å². The van der Waals surface area contributed by atoms with Gasteiger partial charge >= 0.3 is 0 Å². The number of aryl methyl sites for hydroxylation is 2. The molecule has 160 valence electrons. The van der Waals surface area contributed by atoms with Crippen LogP contribution in [0.3, 0.4) is 0 Å². The van der Waals surface area contributed by atoms with Crippen LogP contribution in [0.5, 0.6) is 5.75 Å². The summed E-state index contributed by atoms with van der Waals surface area (Å²) in [5.41, 5.74) is 8.11. The molecule has 2 amide bonds. The van der Waals surface area contributed by atoms with Gasteiger partial charge in [-0.05, 0) is 60.3 Å². The van der Waals surface area contributed by atoms with Crippen LogP contribution < -0.4 is 20.9 Å². The van der Waals surface area contributed by atoms with Crippen LogP contribution in [0.2, 0.25) is 0 Å². The molecule has 3 N–H and O–H groups in total. The fourth-order valence-electron chi connectivity index (χ4n) is 2.68. The zero-order valence-corrected chi connectivity index (χ0v) is 19.7. The van der Waals surface area contributed by atoms with E-state index in [1.54, 1.807) is 0 Å². The quantitative estimate of drug-likeness (QED) is 0.404. The molecule has 0 spiro atoms. The standard InChI is InChI=1S/C22H26BrN3O3S/c1-14(2)17-12-18(23)15(3)11-19(17)29-13-21(28)24-22(30)26-25-20(27)10-9-16-7-5-4-6-8-16/h4-8,11-12,14H,9-10,13H2,1-3H3,(H,25,27)(H2,24,26,28,30). The number of thiocarbonyl (C=S) groups is 1. The maximum atomic E-state index is 12.1. The fourth-order valence-corrected chi connectivity index (χ4v) is 3.20. The minimum Gasteiger partial charge on any atom is -0.483 e. The van der Waals surface area contributed by atoms with Crippen molar-refractivity contribution in [1.82, 2.24) is 16.2 Å². The van der Waals surface area contributed by atoms with Gasteiger partial charge in [-0.25, -0.2) is 0 Å². The maximum absolute atomic E-state index is 12.1. The Morgan fingerprint density at radius 2 is 1.80 bits per heavy atom. The van der Waals surface area contributed by atoms with E-state index in [9.17, 15) is 9.59 Å². The number of amides is 2. The number of rotatable bonds is 7. The third-order valence-electron chi connectivity index (χ3n) is 4.32. The molecule has 0 saturated carbocycles. The van der Waals surface area contributed by atoms with Gasteiger partial charge in [-0.3, -0.25) is 25.8 Å². The van der Waals surface area contributed by atoms with Crippen LogP contribution in [0.1, 0.15) is 42.9 Å². The molecule has 30 heavy (non-hydrogen) atoms. The van der Waals surface area contributed by atoms with Gasteiger partial charge < -0.3 is 4.74 Å². The van der Waals surface area contributed by atoms with E-state index in [1.165, 1.54) is 0 Å². The van der Waals surface area contributed by atoms with E-state index in [0.717, 1.165) is 21.2 Å². The lowest BCUT2D eigenvalue weighted by molar-refractivity contribution is -0.123. The fraction of sp³-hybridized carbons (Fsp3) is 0.318. The van der Waals surface area contributed by atoms with Gasteiger partial charge in [-0.1, -0.05) is 60.1 Å². The second kappa shape index (κ2) is 11.7. The summed E-state index contributed by atoms with van der Waals surface area (Å²) in [5.74, 6) is 0.266. The Hall–Kier alpha value is -2.45. The molecule has 0 radical (unpaired) electrons. The number of halogens is 1. The molecule has 2 aromatic rings. The van der Waals surface area contributed by atoms with Gasteiger partial charge in [0, 0.05) is 10.9 Å². The minimum atomic E-state index is -0.415. The molecule has 0 fully saturated rings. The second-order valence-corrected chi connectivity index (χ2v) is 8.38. The molecule has 0 bridgehead atoms. The summed E-state index contributed by atoms with van der Waals surface area (Å²) >= 11 is 8.56. The molecule has 0 saturated heterocycles. The third-order valence-corrected chi connectivity index (χ3v) is 5.38. The lowest BCUT2D eigenvalue weighted by Crippen LogP contribution is -2.49. The highest BCUT2D eigenvalue weighted by Crippen LogP contribution is 2.32. The second-order valence-electron chi connectivity index (χ2n) is 7.12. The summed E-state index contributed by atoms with van der Waals surface area (Å²) in [4.78, 5) is 24.0. The number of hydrogen-bond donors (Lipinski definition) is 3. The van der Waals surface area contributed by atoms with Crippen LogP contribution in [0.25, 0.3) is 0 Å². The van der Waals surface area contributed by atoms with Gasteiger partial charge in [0.15, 0.2) is 11.7 Å². The third kappa shape index (κ3) is 7.76. The van der Waals surface area contributed by atoms with E-state index < -0.39 is 5.91 Å². The number of ether oxygens (including phenoxy) is 1. The zero-order valence-electron chi connectivity index (χ0n) is 17.3. The summed E-state index contributed by atoms with van der Waals surface area (Å²) in [7, 11) is 0. The molecule has 8 heteroatoms. The predicted molar refractivity (Wildman–Crippen MR) is 125 cm³/mol. The van der Waals surface area contributed by atoms with E-state index in [1.807, 2.05) is 49.4 Å². The highest BCUT2D eigenvalue weighted by molar-refractivity contribution is 9.10. The van der Waals surface area contributed by atoms with Gasteiger partial charge in [-0.15, -0.1) is 0 Å². The topological polar surface area (TPSA) is 79.5 Å². The van der Waals surface area contributed by atoms with Crippen molar-refractivity contribution in [2.45, 2.75) is 39.5 Å². The summed E-state index contributed by atoms with van der Waals surface area (Å²) in [6.07, 6.45) is 0.920. The Kier molecular flexibility index (Phi) is 9.26. The molecular weight excluding hydrogens is 466 g/mol. The lowest BCUT2D eigenvalue weighted by Gasteiger charge is -2.16. The zero-order chi connectivity index (χ0) is 22.1. The van der Waals surface area contributed by atoms with Crippen LogP contribution in [0.4, 0.5) is 0 Å². The van der Waals surface area contributed by atoms with E-state index >= 15 is 0 Å². The predicted octanol–water partition coefficient (Wildman–Crippen LogP) is 3.91. The maximum Gasteiger partial charge on any atom is 0.264 e. The van der Waals surface area contributed by atoms with E-state index in [-0.39, 0.29) is 23.5 Å². The number of hydrazine groups is 1. The van der Waals surface area contributed by atoms with Crippen molar-refractivity contribution in [2.24, 2.45) is 0 Å². The van der Waals surface area contributed by atoms with Crippen molar-refractivity contribution in [3.8, 4) is 5.75 Å². The first-order chi connectivity index (χ1) is 14.3. The lowest BCUT2D eigenvalue weighted by atomic mass is 10.0. The monoisotopic (exact) mass is 491 g/mol. The first kappa shape index (κ1) is 23.8. The average molecular weight is 492 g/mol. The van der Waals surface area contributed by atoms with Crippen molar-refractivity contribution in [2.75, 3.05) is 6.61 Å². The van der Waals surface area contributed by atoms with Gasteiger partial charge in [0.1, 0.15) is 5.75 Å². The molecule has 2 aromatic carbocycles. The van der Waals surface area contributed by atoms with Crippen LogP contribution in [-0.4, -0.2) is 23.5 Å². The molecule has 0 atom stereocenters. The van der Waals surface area contributed by atoms with Crippen molar-refractivity contribution in [3.05, 3.63) is 63.6 Å². The van der Waals surface area contributed by atoms with Crippen molar-refractivity contribution < 1.29 is 14.3 Å². The normalized spacial score (nSPS) is 10.4. The summed E-state index contributed by atoms with van der Waals surface area (Å²) < 4.78 is 6.70. The number of nitrogens with one attached hydrogen (secondary N) is 3. The van der Waals surface area contributed by atoms with Crippen molar-refractivity contribution in [1.29, 1.82) is 0 Å². The highest BCUT2D eigenvalue weighted by Gasteiger charge is 2.13. The Labute approximate surface area is 190 Å². The molecule has 0 aliphatic rings. The SMILES string of the molecule is Cc1cc(OCC(=O)NC(=S)NNC(=O)CCc2ccccc2)c(C(C)C)cc1Br. The van der Waals surface area contributed by atoms with Gasteiger partial charge in [-0.2, -0.15) is 0 Å². The number of carbonyl (C=O) groups is 2. The Bertz CT molecular complexity index is 904. The van der Waals surface area contributed by atoms with Crippen LogP contribution in [0, 0.1) is 6.92 Å². The van der Waals surface area contributed by atoms with Crippen LogP contribution in [-0.2, 0) is 16.0 Å². The summed E-state index contributed by atoms with van der Waals surface area (Å²) in [6.45, 7) is 5.89. The minimum absolute atomic E-state index is 0.00716. The van der Waals surface area contributed by atoms with Crippen LogP contribution >= 0.6 is 28.1 Å². The summed E-state index contributed by atoms with van der Waals surface area (Å²) in [5, 5.41) is 2.49. The molecule has 0 heterocycles. The largest absolute Gasteiger partial charge is 0.483 e. The van der Waals surface area contributed by atoms with Gasteiger partial charge in [0.05, 0.1) is 0 Å². The molecule has 0 aliphatic carbocycles. The first-order valence-corrected chi connectivity index (χ1v) is 10.8. The van der Waals surface area contributed by atoms with Crippen molar-refractivity contribution >= 4 is 45.1 Å². The molecule has 2 rings (SSSR count). The van der Waals surface area contributed by atoms with Crippen LogP contribution in [0.15, 0.2) is 46.9 Å². The average Bonchev–Trinajstić information content (AvgIpc) is 2.71. The van der Waals surface area contributed by atoms with E-state index in [0.29, 0.717) is 18.6 Å². The van der Waals surface area contributed by atoms with E-state index in [4.69, 9.17) is 17.0 Å². The first-order valence-electron chi connectivity index (χ1n) is 9.61. The van der Waals surface area contributed by atoms with Crippen molar-refractivity contribution in [3.63, 3.8) is 0 Å². The number of benzene rings is 2. The molecule has 0 unspecified atom stereocenters. The molecular formula is C22H26BrN3O3S. The smallest absolute Gasteiger partial charge is 0.264 e. The molecule has 6 nitrogen and oxygen atoms in total. The number of hydrogen-bond acceptors (Lipinski definition) is 4. The Morgan fingerprint density at radius 1 is 1.10 bits per heavy atom.